The van der Waals surface area contributed by atoms with Crippen molar-refractivity contribution in [3.05, 3.63) is 42.5 Å². The summed E-state index contributed by atoms with van der Waals surface area (Å²) in [6, 6.07) is 13.4. The van der Waals surface area contributed by atoms with Gasteiger partial charge in [0.2, 0.25) is 5.75 Å². The number of hydrogen-bond acceptors (Lipinski definition) is 6. The summed E-state index contributed by atoms with van der Waals surface area (Å²) in [6.45, 7) is 0. The number of H-pyrrole nitrogens is 1. The molecule has 4 rings (SSSR count). The molecule has 0 saturated carbocycles. The average Bonchev–Trinajstić information content (AvgIpc) is 3.33. The summed E-state index contributed by atoms with van der Waals surface area (Å²) in [5.41, 5.74) is 2.80. The molecule has 0 atom stereocenters. The fourth-order valence-electron chi connectivity index (χ4n) is 2.92. The zero-order valence-corrected chi connectivity index (χ0v) is 14.6. The molecule has 4 aromatic rings. The van der Waals surface area contributed by atoms with E-state index in [1.54, 1.807) is 21.3 Å². The van der Waals surface area contributed by atoms with Gasteiger partial charge in [-0.05, 0) is 24.3 Å². The zero-order chi connectivity index (χ0) is 18.1. The van der Waals surface area contributed by atoms with Crippen molar-refractivity contribution in [2.45, 2.75) is 0 Å². The molecular formula is C19H17N3O4. The third kappa shape index (κ3) is 2.54. The lowest BCUT2D eigenvalue weighted by molar-refractivity contribution is 0.324. The van der Waals surface area contributed by atoms with E-state index in [1.807, 2.05) is 42.5 Å². The van der Waals surface area contributed by atoms with Crippen LogP contribution in [0, 0.1) is 0 Å². The van der Waals surface area contributed by atoms with Crippen LogP contribution in [0.3, 0.4) is 0 Å². The van der Waals surface area contributed by atoms with Gasteiger partial charge in [0.05, 0.1) is 21.3 Å². The summed E-state index contributed by atoms with van der Waals surface area (Å²) in [7, 11) is 4.71. The van der Waals surface area contributed by atoms with Crippen LogP contribution >= 0.6 is 0 Å². The quantitative estimate of drug-likeness (QED) is 0.587. The highest BCUT2D eigenvalue weighted by molar-refractivity contribution is 5.86. The molecule has 26 heavy (non-hydrogen) atoms. The molecule has 132 valence electrons. The number of fused-ring (bicyclic) bond motifs is 1. The standard InChI is InChI=1S/C19H17N3O4/c1-23-15-9-12(10-16(24-2)19(15)25-3)17-18(21-22-20-17)14-8-11-6-4-5-7-13(11)26-14/h4-10H,1-3H3,(H,20,21,22). The Hall–Kier alpha value is -3.48. The maximum Gasteiger partial charge on any atom is 0.203 e. The summed E-state index contributed by atoms with van der Waals surface area (Å²) >= 11 is 0. The second kappa shape index (κ2) is 6.44. The predicted molar refractivity (Wildman–Crippen MR) is 96.7 cm³/mol. The molecule has 0 bridgehead atoms. The summed E-state index contributed by atoms with van der Waals surface area (Å²) in [5, 5.41) is 12.2. The summed E-state index contributed by atoms with van der Waals surface area (Å²) in [4.78, 5) is 0. The molecular weight excluding hydrogens is 334 g/mol. The first-order valence-electron chi connectivity index (χ1n) is 7.95. The molecule has 0 unspecified atom stereocenters. The van der Waals surface area contributed by atoms with Crippen molar-refractivity contribution >= 4 is 11.0 Å². The van der Waals surface area contributed by atoms with Gasteiger partial charge in [0.15, 0.2) is 23.0 Å². The van der Waals surface area contributed by atoms with E-state index in [0.29, 0.717) is 34.4 Å². The second-order valence-electron chi connectivity index (χ2n) is 5.58. The third-order valence-corrected chi connectivity index (χ3v) is 4.14. The van der Waals surface area contributed by atoms with Gasteiger partial charge in [0.25, 0.3) is 0 Å². The number of ether oxygens (including phenoxy) is 3. The van der Waals surface area contributed by atoms with Crippen molar-refractivity contribution in [1.82, 2.24) is 15.4 Å². The van der Waals surface area contributed by atoms with E-state index in [2.05, 4.69) is 15.4 Å². The normalized spacial score (nSPS) is 10.9. The van der Waals surface area contributed by atoms with Crippen molar-refractivity contribution in [2.75, 3.05) is 21.3 Å². The van der Waals surface area contributed by atoms with E-state index in [0.717, 1.165) is 16.5 Å². The van der Waals surface area contributed by atoms with Crippen LogP contribution in [-0.4, -0.2) is 36.7 Å². The number of rotatable bonds is 5. The lowest BCUT2D eigenvalue weighted by Crippen LogP contribution is -1.96. The maximum atomic E-state index is 5.92. The van der Waals surface area contributed by atoms with Gasteiger partial charge in [-0.25, -0.2) is 0 Å². The molecule has 0 fully saturated rings. The molecule has 2 heterocycles. The number of benzene rings is 2. The van der Waals surface area contributed by atoms with Gasteiger partial charge >= 0.3 is 0 Å². The molecule has 0 saturated heterocycles. The average molecular weight is 351 g/mol. The Morgan fingerprint density at radius 2 is 1.54 bits per heavy atom. The van der Waals surface area contributed by atoms with Crippen LogP contribution in [0.15, 0.2) is 46.9 Å². The van der Waals surface area contributed by atoms with E-state index >= 15 is 0 Å². The van der Waals surface area contributed by atoms with Gasteiger partial charge in [-0.2, -0.15) is 15.4 Å². The molecule has 7 nitrogen and oxygen atoms in total. The number of hydrogen-bond donors (Lipinski definition) is 1. The van der Waals surface area contributed by atoms with Crippen LogP contribution in [0.5, 0.6) is 17.2 Å². The zero-order valence-electron chi connectivity index (χ0n) is 14.6. The highest BCUT2D eigenvalue weighted by Crippen LogP contribution is 2.42. The van der Waals surface area contributed by atoms with E-state index in [4.69, 9.17) is 18.6 Å². The van der Waals surface area contributed by atoms with Gasteiger partial charge in [-0.15, -0.1) is 0 Å². The van der Waals surface area contributed by atoms with Crippen molar-refractivity contribution < 1.29 is 18.6 Å². The molecule has 0 aliphatic rings. The van der Waals surface area contributed by atoms with Crippen LogP contribution in [0.2, 0.25) is 0 Å². The number of para-hydroxylation sites is 1. The van der Waals surface area contributed by atoms with Gasteiger partial charge in [-0.3, -0.25) is 0 Å². The number of aromatic amines is 1. The van der Waals surface area contributed by atoms with Crippen molar-refractivity contribution in [3.63, 3.8) is 0 Å². The molecule has 7 heteroatoms. The fraction of sp³-hybridized carbons (Fsp3) is 0.158. The topological polar surface area (TPSA) is 82.4 Å². The van der Waals surface area contributed by atoms with Crippen molar-refractivity contribution in [3.8, 4) is 40.0 Å². The number of furan rings is 1. The molecule has 2 aromatic carbocycles. The summed E-state index contributed by atoms with van der Waals surface area (Å²) in [5.74, 6) is 2.23. The van der Waals surface area contributed by atoms with Crippen LogP contribution in [-0.2, 0) is 0 Å². The Labute approximate surface area is 149 Å². The first-order chi connectivity index (χ1) is 12.7. The Bertz CT molecular complexity index is 1010. The smallest absolute Gasteiger partial charge is 0.203 e. The minimum absolute atomic E-state index is 0.521. The SMILES string of the molecule is COc1cc(-c2n[nH]nc2-c2cc3ccccc3o2)cc(OC)c1OC. The molecule has 0 radical (unpaired) electrons. The van der Waals surface area contributed by atoms with Gasteiger partial charge in [-0.1, -0.05) is 18.2 Å². The van der Waals surface area contributed by atoms with Gasteiger partial charge < -0.3 is 18.6 Å². The molecule has 1 N–H and O–H groups in total. The minimum atomic E-state index is 0.521. The third-order valence-electron chi connectivity index (χ3n) is 4.14. The molecule has 0 aliphatic carbocycles. The van der Waals surface area contributed by atoms with Crippen LogP contribution in [0.25, 0.3) is 33.7 Å². The van der Waals surface area contributed by atoms with Crippen LogP contribution in [0.4, 0.5) is 0 Å². The number of methoxy groups -OCH3 is 3. The predicted octanol–water partition coefficient (Wildman–Crippen LogP) is 3.91. The van der Waals surface area contributed by atoms with E-state index < -0.39 is 0 Å². The van der Waals surface area contributed by atoms with Gasteiger partial charge in [0, 0.05) is 10.9 Å². The largest absolute Gasteiger partial charge is 0.493 e. The van der Waals surface area contributed by atoms with Crippen molar-refractivity contribution in [2.24, 2.45) is 0 Å². The number of aromatic nitrogens is 3. The first kappa shape index (κ1) is 16.0. The number of nitrogens with one attached hydrogen (secondary N) is 1. The first-order valence-corrected chi connectivity index (χ1v) is 7.95. The van der Waals surface area contributed by atoms with Gasteiger partial charge in [0.1, 0.15) is 11.3 Å². The van der Waals surface area contributed by atoms with Crippen LogP contribution < -0.4 is 14.2 Å². The Morgan fingerprint density at radius 1 is 0.846 bits per heavy atom. The summed E-state index contributed by atoms with van der Waals surface area (Å²) in [6.07, 6.45) is 0. The number of nitrogens with zero attached hydrogens (tertiary/aromatic N) is 2. The maximum absolute atomic E-state index is 5.92. The second-order valence-corrected chi connectivity index (χ2v) is 5.58. The minimum Gasteiger partial charge on any atom is -0.493 e. The summed E-state index contributed by atoms with van der Waals surface area (Å²) < 4.78 is 22.1. The highest BCUT2D eigenvalue weighted by Gasteiger charge is 2.20. The van der Waals surface area contributed by atoms with E-state index in [-0.39, 0.29) is 0 Å². The Balaban J connectivity index is 1.87. The Morgan fingerprint density at radius 3 is 2.19 bits per heavy atom. The monoisotopic (exact) mass is 351 g/mol. The van der Waals surface area contributed by atoms with E-state index in [1.165, 1.54) is 0 Å². The van der Waals surface area contributed by atoms with E-state index in [9.17, 15) is 0 Å². The molecule has 2 aromatic heterocycles. The highest BCUT2D eigenvalue weighted by atomic mass is 16.5. The van der Waals surface area contributed by atoms with Crippen LogP contribution in [0.1, 0.15) is 0 Å². The lowest BCUT2D eigenvalue weighted by atomic mass is 10.1. The molecule has 0 amide bonds. The lowest BCUT2D eigenvalue weighted by Gasteiger charge is -2.13. The molecule has 0 spiro atoms. The molecule has 0 aliphatic heterocycles. The van der Waals surface area contributed by atoms with Crippen molar-refractivity contribution in [1.29, 1.82) is 0 Å². The Kier molecular flexibility index (Phi) is 3.96. The fourth-order valence-corrected chi connectivity index (χ4v) is 2.92.